The molecule has 22 atom stereocenters. The Hall–Kier alpha value is -9.29. The summed E-state index contributed by atoms with van der Waals surface area (Å²) < 4.78 is 72.0. The lowest BCUT2D eigenvalue weighted by Crippen LogP contribution is -2.61. The van der Waals surface area contributed by atoms with Gasteiger partial charge < -0.3 is 126 Å². The van der Waals surface area contributed by atoms with E-state index < -0.39 is 145 Å². The zero-order valence-corrected chi connectivity index (χ0v) is 81.1. The highest BCUT2D eigenvalue weighted by Crippen LogP contribution is 2.36. The minimum atomic E-state index is -1.04. The SMILES string of the molecule is CCC1OC(OCCCCC(=O)N[C@@H](CCCCNC(=O)CCCCOC2OC(CC)C(OC(C)=O)C(C)C2NC(C)=O)C(=O)NCCNC(=O)c2cc(OCCN)cc(C(=O)NCCNC(=O)C(CCCCNC(=O)CCCCOC3OC(CC)C(OC(C)=O)C(C)C3NC(C)=O)NC(=O)CCCCOC3OC(CC)C(OC(C)=O)C(C)C3NC(C)=O)c2)C(NC(C)=O)C(C)C1C. The number of carbonyl (C=O) groups is 15. The van der Waals surface area contributed by atoms with Crippen LogP contribution in [0.3, 0.4) is 0 Å². The highest BCUT2D eigenvalue weighted by molar-refractivity contribution is 6.00. The van der Waals surface area contributed by atoms with Crippen LogP contribution >= 0.6 is 0 Å². The first-order valence-corrected chi connectivity index (χ1v) is 47.8. The fourth-order valence-electron chi connectivity index (χ4n) is 16.9. The van der Waals surface area contributed by atoms with Gasteiger partial charge in [0.15, 0.2) is 25.2 Å². The molecule has 12 amide bonds. The number of amides is 12. The molecule has 4 aliphatic rings. The van der Waals surface area contributed by atoms with Gasteiger partial charge in [0.1, 0.15) is 42.8 Å². The summed E-state index contributed by atoms with van der Waals surface area (Å²) in [5.41, 5.74) is 5.81. The van der Waals surface area contributed by atoms with Gasteiger partial charge in [0, 0.05) is 175 Å². The molecule has 754 valence electrons. The lowest BCUT2D eigenvalue weighted by molar-refractivity contribution is -0.256. The summed E-state index contributed by atoms with van der Waals surface area (Å²) in [6.07, 6.45) is 1.91. The number of rotatable bonds is 60. The number of nitrogens with one attached hydrogen (secondary N) is 12. The number of nitrogens with two attached hydrogens (primary N) is 1. The molecular formula is C93H155N13O27. The minimum Gasteiger partial charge on any atom is -0.492 e. The molecule has 4 saturated heterocycles. The van der Waals surface area contributed by atoms with E-state index in [-0.39, 0.29) is 211 Å². The van der Waals surface area contributed by atoms with Crippen LogP contribution in [0.5, 0.6) is 5.75 Å². The molecule has 1 aromatic rings. The lowest BCUT2D eigenvalue weighted by atomic mass is 9.81. The van der Waals surface area contributed by atoms with Crippen molar-refractivity contribution in [1.82, 2.24) is 63.8 Å². The van der Waals surface area contributed by atoms with E-state index in [9.17, 15) is 71.9 Å². The summed E-state index contributed by atoms with van der Waals surface area (Å²) in [5, 5.41) is 34.3. The Labute approximate surface area is 783 Å². The third-order valence-electron chi connectivity index (χ3n) is 24.1. The van der Waals surface area contributed by atoms with Crippen LogP contribution in [0.25, 0.3) is 0 Å². The zero-order valence-electron chi connectivity index (χ0n) is 81.1. The van der Waals surface area contributed by atoms with Gasteiger partial charge >= 0.3 is 17.9 Å². The summed E-state index contributed by atoms with van der Waals surface area (Å²) in [6.45, 7) is 28.1. The Morgan fingerprint density at radius 2 is 0.639 bits per heavy atom. The maximum atomic E-state index is 14.0. The Bertz CT molecular complexity index is 3850. The van der Waals surface area contributed by atoms with E-state index in [1.54, 1.807) is 0 Å². The van der Waals surface area contributed by atoms with Crippen molar-refractivity contribution in [3.8, 4) is 5.75 Å². The van der Waals surface area contributed by atoms with Crippen LogP contribution in [-0.4, -0.2) is 272 Å². The fourth-order valence-corrected chi connectivity index (χ4v) is 16.9. The van der Waals surface area contributed by atoms with Crippen LogP contribution in [0.15, 0.2) is 18.2 Å². The molecule has 5 rings (SSSR count). The van der Waals surface area contributed by atoms with Crippen molar-refractivity contribution in [3.05, 3.63) is 29.3 Å². The summed E-state index contributed by atoms with van der Waals surface area (Å²) in [7, 11) is 0. The Morgan fingerprint density at radius 3 is 0.940 bits per heavy atom. The first-order valence-electron chi connectivity index (χ1n) is 47.8. The fraction of sp³-hybridized carbons (Fsp3) is 0.774. The van der Waals surface area contributed by atoms with Crippen molar-refractivity contribution in [2.24, 2.45) is 35.3 Å². The monoisotopic (exact) mass is 1890 g/mol. The van der Waals surface area contributed by atoms with Crippen molar-refractivity contribution in [2.45, 2.75) is 356 Å². The van der Waals surface area contributed by atoms with Crippen LogP contribution in [0, 0.1) is 29.6 Å². The molecule has 4 heterocycles. The predicted molar refractivity (Wildman–Crippen MR) is 487 cm³/mol. The molecule has 0 aliphatic carbocycles. The van der Waals surface area contributed by atoms with Gasteiger partial charge in [-0.3, -0.25) is 71.9 Å². The number of benzene rings is 1. The smallest absolute Gasteiger partial charge is 0.303 e. The van der Waals surface area contributed by atoms with E-state index >= 15 is 0 Å². The van der Waals surface area contributed by atoms with Gasteiger partial charge in [-0.25, -0.2) is 0 Å². The number of ether oxygens (including phenoxy) is 12. The van der Waals surface area contributed by atoms with Crippen LogP contribution < -0.4 is 74.3 Å². The minimum absolute atomic E-state index is 0.00195. The van der Waals surface area contributed by atoms with Crippen molar-refractivity contribution >= 4 is 88.8 Å². The van der Waals surface area contributed by atoms with Gasteiger partial charge in [-0.15, -0.1) is 0 Å². The molecule has 21 unspecified atom stereocenters. The first-order chi connectivity index (χ1) is 63.4. The second-order valence-corrected chi connectivity index (χ2v) is 34.9. The molecule has 4 fully saturated rings. The standard InChI is InChI=1S/C93H155N13O27/c1-17-71-54(5)55(6)79(101-59(10)107)90(130-71)123-48-31-25-37-77(116)105-69(33-21-27-40-95-75(114)35-23-29-46-124-91-80(102-60(11)108)56(7)83(127-63(14)111)72(18-2)131-91)88(120)99-44-42-97-86(118)66-51-67(53-68(52-66)122-50-39-94)87(119)98-43-45-100-89(121)70(106-78(117)38-26-32-49-126-93-82(104-62(13)110)58(9)85(129-65(16)113)74(20-4)133-93)34-22-28-41-96-76(115)36-24-30-47-125-92-81(103-61(12)109)57(8)84(128-64(15)112)73(19-3)132-92/h51-58,69-74,79-85,90-93H,17-50,94H2,1-16H3,(H,95,114)(H,96,115)(H,97,118)(H,98,119)(H,99,120)(H,100,121)(H,101,107)(H,102,108)(H,103,109)(H,104,110)(H,105,116)(H,106,117)/t54?,55?,56?,57?,58?,69-,70?,71?,72?,73?,74?,79?,80?,81?,82?,83?,84?,85?,90?,91?,92?,93?/m0/s1. The van der Waals surface area contributed by atoms with Crippen molar-refractivity contribution in [2.75, 3.05) is 78.8 Å². The summed E-state index contributed by atoms with van der Waals surface area (Å²) in [4.78, 5) is 194. The largest absolute Gasteiger partial charge is 0.492 e. The van der Waals surface area contributed by atoms with E-state index in [4.69, 9.17) is 62.6 Å². The van der Waals surface area contributed by atoms with E-state index in [0.29, 0.717) is 96.3 Å². The number of unbranched alkanes of at least 4 members (excludes halogenated alkanes) is 6. The lowest BCUT2D eigenvalue weighted by Gasteiger charge is -2.44. The van der Waals surface area contributed by atoms with Crippen LogP contribution in [0.1, 0.15) is 273 Å². The molecule has 14 N–H and O–H groups in total. The Kier molecular flexibility index (Phi) is 52.9. The molecule has 1 aromatic carbocycles. The normalized spacial score (nSPS) is 25.4. The van der Waals surface area contributed by atoms with Gasteiger partial charge in [-0.05, 0) is 146 Å². The van der Waals surface area contributed by atoms with Gasteiger partial charge in [0.2, 0.25) is 59.1 Å². The average molecular weight is 1890 g/mol. The molecular weight excluding hydrogens is 1730 g/mol. The van der Waals surface area contributed by atoms with Crippen molar-refractivity contribution in [1.29, 1.82) is 0 Å². The number of hydrogen-bond donors (Lipinski definition) is 13. The second kappa shape index (κ2) is 61.7. The first kappa shape index (κ1) is 114. The van der Waals surface area contributed by atoms with Gasteiger partial charge in [-0.2, -0.15) is 0 Å². The molecule has 0 radical (unpaired) electrons. The van der Waals surface area contributed by atoms with E-state index in [1.165, 1.54) is 66.7 Å². The molecule has 0 spiro atoms. The van der Waals surface area contributed by atoms with Crippen LogP contribution in [0.2, 0.25) is 0 Å². The van der Waals surface area contributed by atoms with Crippen LogP contribution in [-0.2, 0) is 114 Å². The quantitative estimate of drug-likeness (QED) is 0.0242. The zero-order chi connectivity index (χ0) is 98.2. The Balaban J connectivity index is 1.16. The van der Waals surface area contributed by atoms with E-state index in [2.05, 4.69) is 77.6 Å². The number of esters is 3. The molecule has 4 aliphatic heterocycles. The molecule has 0 saturated carbocycles. The summed E-state index contributed by atoms with van der Waals surface area (Å²) >= 11 is 0. The van der Waals surface area contributed by atoms with Gasteiger partial charge in [0.25, 0.3) is 11.8 Å². The summed E-state index contributed by atoms with van der Waals surface area (Å²) in [6, 6.07) is -0.0640. The van der Waals surface area contributed by atoms with E-state index in [1.807, 2.05) is 48.5 Å². The maximum Gasteiger partial charge on any atom is 0.303 e. The molecule has 0 aromatic heterocycles. The van der Waals surface area contributed by atoms with Gasteiger partial charge in [0.05, 0.1) is 48.6 Å². The molecule has 40 nitrogen and oxygen atoms in total. The third kappa shape index (κ3) is 41.0. The maximum absolute atomic E-state index is 14.0. The third-order valence-corrected chi connectivity index (χ3v) is 24.1. The molecule has 40 heteroatoms. The summed E-state index contributed by atoms with van der Waals surface area (Å²) in [5.74, 6) is -6.72. The molecule has 0 bridgehead atoms. The van der Waals surface area contributed by atoms with E-state index in [0.717, 1.165) is 6.42 Å². The Morgan fingerprint density at radius 1 is 0.338 bits per heavy atom. The number of carbonyl (C=O) groups excluding carboxylic acids is 15. The number of hydrogen-bond acceptors (Lipinski definition) is 28. The molecule has 133 heavy (non-hydrogen) atoms. The topological polar surface area (TPSA) is 537 Å². The second-order valence-electron chi connectivity index (χ2n) is 34.9. The van der Waals surface area contributed by atoms with Gasteiger partial charge in [-0.1, -0.05) is 62.3 Å². The van der Waals surface area contributed by atoms with Crippen LogP contribution in [0.4, 0.5) is 0 Å². The predicted octanol–water partition coefficient (Wildman–Crippen LogP) is 4.54. The average Bonchev–Trinajstić information content (AvgIpc) is 0.807. The highest BCUT2D eigenvalue weighted by atomic mass is 16.7. The highest BCUT2D eigenvalue weighted by Gasteiger charge is 2.50. The van der Waals surface area contributed by atoms with Crippen molar-refractivity contribution in [3.63, 3.8) is 0 Å². The van der Waals surface area contributed by atoms with Crippen molar-refractivity contribution < 1.29 is 129 Å².